The third kappa shape index (κ3) is 5.86. The Hall–Kier alpha value is -3.32. The van der Waals surface area contributed by atoms with Crippen molar-refractivity contribution < 1.29 is 4.74 Å². The Morgan fingerprint density at radius 1 is 0.452 bits per heavy atom. The Labute approximate surface area is 188 Å². The molecule has 0 bridgehead atoms. The minimum Gasteiger partial charge on any atom is -0.457 e. The number of benzene rings is 2. The Kier molecular flexibility index (Phi) is 9.58. The van der Waals surface area contributed by atoms with Crippen molar-refractivity contribution in [3.05, 3.63) is 134 Å². The lowest BCUT2D eigenvalue weighted by Gasteiger charge is -2.21. The molecule has 0 saturated heterocycles. The second kappa shape index (κ2) is 12.4. The summed E-state index contributed by atoms with van der Waals surface area (Å²) in [7, 11) is 0. The summed E-state index contributed by atoms with van der Waals surface area (Å²) in [6, 6.07) is 8.39. The fraction of sp³-hybridized carbons (Fsp3) is 0.200. The van der Waals surface area contributed by atoms with E-state index in [0.29, 0.717) is 0 Å². The van der Waals surface area contributed by atoms with Gasteiger partial charge < -0.3 is 4.74 Å². The molecule has 0 unspecified atom stereocenters. The Morgan fingerprint density at radius 3 is 1.10 bits per heavy atom. The summed E-state index contributed by atoms with van der Waals surface area (Å²) in [5.41, 5.74) is 7.29. The highest BCUT2D eigenvalue weighted by atomic mass is 16.5. The Bertz CT molecular complexity index is 895. The van der Waals surface area contributed by atoms with E-state index in [1.54, 1.807) is 0 Å². The average Bonchev–Trinajstić information content (AvgIpc) is 2.76. The normalized spacial score (nSPS) is 10.2. The van der Waals surface area contributed by atoms with E-state index in [1.165, 1.54) is 22.3 Å². The average molecular weight is 411 g/mol. The Balaban J connectivity index is 2.65. The smallest absolute Gasteiger partial charge is 0.131 e. The van der Waals surface area contributed by atoms with Crippen LogP contribution in [0.25, 0.3) is 0 Å². The van der Waals surface area contributed by atoms with E-state index < -0.39 is 0 Å². The van der Waals surface area contributed by atoms with Gasteiger partial charge in [0, 0.05) is 11.1 Å². The first-order valence-corrected chi connectivity index (χ1v) is 10.7. The number of ether oxygens (including phenoxy) is 1. The van der Waals surface area contributed by atoms with Crippen LogP contribution in [0.4, 0.5) is 0 Å². The first-order chi connectivity index (χ1) is 15.1. The van der Waals surface area contributed by atoms with E-state index in [0.717, 1.165) is 61.2 Å². The SMILES string of the molecule is C=CCc1ccc(Oc2ccc(CC=C)c(CC=C)c2CC=C)c(CC=C)c1CC=C. The van der Waals surface area contributed by atoms with E-state index in [1.807, 2.05) is 36.5 Å². The van der Waals surface area contributed by atoms with E-state index in [2.05, 4.69) is 63.7 Å². The van der Waals surface area contributed by atoms with Gasteiger partial charge in [-0.3, -0.25) is 0 Å². The maximum absolute atomic E-state index is 6.57. The molecule has 2 aromatic rings. The van der Waals surface area contributed by atoms with Gasteiger partial charge in [-0.05, 0) is 72.9 Å². The molecule has 0 spiro atoms. The van der Waals surface area contributed by atoms with E-state index in [9.17, 15) is 0 Å². The molecule has 2 rings (SSSR count). The molecule has 0 aliphatic heterocycles. The van der Waals surface area contributed by atoms with Gasteiger partial charge in [-0.1, -0.05) is 48.6 Å². The molecule has 0 aliphatic rings. The van der Waals surface area contributed by atoms with Crippen molar-refractivity contribution in [3.8, 4) is 11.5 Å². The molecule has 0 aromatic heterocycles. The minimum atomic E-state index is 0.730. The lowest BCUT2D eigenvalue weighted by Crippen LogP contribution is -2.05. The summed E-state index contributed by atoms with van der Waals surface area (Å²) in [5, 5.41) is 0. The third-order valence-corrected chi connectivity index (χ3v) is 5.31. The molecule has 2 aromatic carbocycles. The van der Waals surface area contributed by atoms with E-state index in [-0.39, 0.29) is 0 Å². The van der Waals surface area contributed by atoms with Gasteiger partial charge in [0.05, 0.1) is 0 Å². The maximum Gasteiger partial charge on any atom is 0.131 e. The van der Waals surface area contributed by atoms with Crippen molar-refractivity contribution in [3.63, 3.8) is 0 Å². The van der Waals surface area contributed by atoms with Crippen LogP contribution in [-0.4, -0.2) is 0 Å². The van der Waals surface area contributed by atoms with Crippen LogP contribution < -0.4 is 4.74 Å². The molecular formula is C30H34O. The summed E-state index contributed by atoms with van der Waals surface area (Å²) < 4.78 is 6.57. The summed E-state index contributed by atoms with van der Waals surface area (Å²) in [5.74, 6) is 1.71. The second-order valence-corrected chi connectivity index (χ2v) is 7.42. The van der Waals surface area contributed by atoms with Crippen LogP contribution in [0.3, 0.4) is 0 Å². The van der Waals surface area contributed by atoms with Gasteiger partial charge in [0.2, 0.25) is 0 Å². The zero-order chi connectivity index (χ0) is 22.6. The second-order valence-electron chi connectivity index (χ2n) is 7.42. The summed E-state index contributed by atoms with van der Waals surface area (Å²) in [6.45, 7) is 23.6. The molecule has 0 heterocycles. The summed E-state index contributed by atoms with van der Waals surface area (Å²) in [4.78, 5) is 0. The molecule has 0 saturated carbocycles. The maximum atomic E-state index is 6.57. The van der Waals surface area contributed by atoms with Crippen LogP contribution in [0.15, 0.2) is 100 Å². The molecule has 1 nitrogen and oxygen atoms in total. The van der Waals surface area contributed by atoms with Crippen LogP contribution >= 0.6 is 0 Å². The highest BCUT2D eigenvalue weighted by molar-refractivity contribution is 5.53. The topological polar surface area (TPSA) is 9.23 Å². The monoisotopic (exact) mass is 410 g/mol. The Morgan fingerprint density at radius 2 is 0.774 bits per heavy atom. The highest BCUT2D eigenvalue weighted by Crippen LogP contribution is 2.36. The van der Waals surface area contributed by atoms with Crippen LogP contribution in [0, 0.1) is 0 Å². The zero-order valence-corrected chi connectivity index (χ0v) is 18.7. The van der Waals surface area contributed by atoms with E-state index in [4.69, 9.17) is 4.74 Å². The fourth-order valence-electron chi connectivity index (χ4n) is 3.98. The summed E-state index contributed by atoms with van der Waals surface area (Å²) >= 11 is 0. The van der Waals surface area contributed by atoms with Crippen molar-refractivity contribution >= 4 is 0 Å². The van der Waals surface area contributed by atoms with Crippen LogP contribution in [0.5, 0.6) is 11.5 Å². The van der Waals surface area contributed by atoms with E-state index >= 15 is 0 Å². The molecule has 0 amide bonds. The zero-order valence-electron chi connectivity index (χ0n) is 18.7. The molecular weight excluding hydrogens is 376 g/mol. The predicted molar refractivity (Wildman–Crippen MR) is 136 cm³/mol. The molecule has 0 radical (unpaired) electrons. The molecule has 0 aliphatic carbocycles. The molecule has 160 valence electrons. The fourth-order valence-corrected chi connectivity index (χ4v) is 3.98. The molecule has 0 fully saturated rings. The molecule has 0 atom stereocenters. The van der Waals surface area contributed by atoms with Crippen molar-refractivity contribution in [1.29, 1.82) is 0 Å². The molecule has 31 heavy (non-hydrogen) atoms. The standard InChI is InChI=1S/C30H34O/c1-7-13-23-19-21-29(27(17-11-5)25(23)15-9-3)31-30-22-20-24(14-8-2)26(16-10-4)28(30)18-12-6/h7-12,19-22H,1-6,13-18H2. The number of rotatable bonds is 14. The van der Waals surface area contributed by atoms with Gasteiger partial charge in [-0.25, -0.2) is 0 Å². The highest BCUT2D eigenvalue weighted by Gasteiger charge is 2.17. The lowest BCUT2D eigenvalue weighted by molar-refractivity contribution is 0.470. The minimum absolute atomic E-state index is 0.730. The van der Waals surface area contributed by atoms with Crippen molar-refractivity contribution in [2.75, 3.05) is 0 Å². The van der Waals surface area contributed by atoms with Gasteiger partial charge >= 0.3 is 0 Å². The lowest BCUT2D eigenvalue weighted by atomic mass is 9.92. The van der Waals surface area contributed by atoms with Gasteiger partial charge in [0.1, 0.15) is 11.5 Å². The number of hydrogen-bond donors (Lipinski definition) is 0. The predicted octanol–water partition coefficient (Wildman–Crippen LogP) is 7.85. The van der Waals surface area contributed by atoms with Crippen molar-refractivity contribution in [2.24, 2.45) is 0 Å². The van der Waals surface area contributed by atoms with Gasteiger partial charge in [0.15, 0.2) is 0 Å². The van der Waals surface area contributed by atoms with Crippen molar-refractivity contribution in [2.45, 2.75) is 38.5 Å². The van der Waals surface area contributed by atoms with Gasteiger partial charge in [-0.15, -0.1) is 39.5 Å². The quantitative estimate of drug-likeness (QED) is 0.288. The first-order valence-electron chi connectivity index (χ1n) is 10.7. The first kappa shape index (κ1) is 24.0. The van der Waals surface area contributed by atoms with Crippen LogP contribution in [0.2, 0.25) is 0 Å². The number of allylic oxidation sites excluding steroid dienone is 6. The number of hydrogen-bond acceptors (Lipinski definition) is 1. The van der Waals surface area contributed by atoms with Crippen LogP contribution in [-0.2, 0) is 38.5 Å². The molecule has 0 N–H and O–H groups in total. The van der Waals surface area contributed by atoms with Crippen LogP contribution in [0.1, 0.15) is 33.4 Å². The van der Waals surface area contributed by atoms with Crippen molar-refractivity contribution in [1.82, 2.24) is 0 Å². The third-order valence-electron chi connectivity index (χ3n) is 5.31. The molecule has 1 heteroatoms. The van der Waals surface area contributed by atoms with Gasteiger partial charge in [0.25, 0.3) is 0 Å². The largest absolute Gasteiger partial charge is 0.457 e. The summed E-state index contributed by atoms with van der Waals surface area (Å²) in [6.07, 6.45) is 16.2. The van der Waals surface area contributed by atoms with Gasteiger partial charge in [-0.2, -0.15) is 0 Å².